The molecule has 0 bridgehead atoms. The molecule has 0 saturated heterocycles. The fourth-order valence-electron chi connectivity index (χ4n) is 0.237. The maximum atomic E-state index is 10.3. The van der Waals surface area contributed by atoms with Crippen LogP contribution >= 0.6 is 8.25 Å². The first kappa shape index (κ1) is 8.53. The first-order valence-electron chi connectivity index (χ1n) is 2.45. The number of carbonyl (C=O) groups excluding carboxylic acids is 1. The lowest BCUT2D eigenvalue weighted by Crippen LogP contribution is -1.90. The minimum Gasteiger partial charge on any atom is -0.247 e. The molecule has 0 saturated carbocycles. The Morgan fingerprint density at radius 2 is 2.22 bits per heavy atom. The Labute approximate surface area is 54.1 Å². The molecule has 1 unspecified atom stereocenters. The van der Waals surface area contributed by atoms with Crippen molar-refractivity contribution < 1.29 is 18.4 Å². The zero-order chi connectivity index (χ0) is 7.28. The first-order valence-corrected chi connectivity index (χ1v) is 3.55. The molecule has 0 aromatic heterocycles. The van der Waals surface area contributed by atoms with E-state index in [0.717, 1.165) is 0 Å². The van der Waals surface area contributed by atoms with Crippen LogP contribution in [0.15, 0.2) is 0 Å². The Balaban J connectivity index is 3.39. The number of rotatable bonds is 3. The number of hydrogen-bond donors (Lipinski definition) is 0. The van der Waals surface area contributed by atoms with E-state index in [9.17, 15) is 9.36 Å². The van der Waals surface area contributed by atoms with E-state index in [1.54, 1.807) is 6.92 Å². The summed E-state index contributed by atoms with van der Waals surface area (Å²) in [5.74, 6) is -0.593. The lowest BCUT2D eigenvalue weighted by atomic mass is 10.9. The van der Waals surface area contributed by atoms with Gasteiger partial charge in [-0.3, -0.25) is 0 Å². The molecule has 0 amide bonds. The van der Waals surface area contributed by atoms with Crippen molar-refractivity contribution in [3.63, 3.8) is 0 Å². The van der Waals surface area contributed by atoms with Crippen molar-refractivity contribution in [2.45, 2.75) is 13.8 Å². The smallest absolute Gasteiger partial charge is 0.247 e. The molecule has 0 aliphatic carbocycles. The molecule has 0 aliphatic rings. The molecule has 0 aromatic rings. The molecule has 0 aromatic carbocycles. The minimum atomic E-state index is -2.22. The summed E-state index contributed by atoms with van der Waals surface area (Å²) in [4.78, 5) is 10.0. The van der Waals surface area contributed by atoms with Crippen LogP contribution in [0.25, 0.3) is 0 Å². The number of carbonyl (C=O) groups is 1. The Morgan fingerprint density at radius 3 is 2.56 bits per heavy atom. The summed E-state index contributed by atoms with van der Waals surface area (Å²) in [6.07, 6.45) is 0. The highest BCUT2D eigenvalue weighted by molar-refractivity contribution is 7.34. The molecular weight excluding hydrogens is 143 g/mol. The van der Waals surface area contributed by atoms with Crippen molar-refractivity contribution in [2.75, 3.05) is 6.61 Å². The van der Waals surface area contributed by atoms with Crippen LogP contribution in [0.3, 0.4) is 0 Å². The van der Waals surface area contributed by atoms with Crippen LogP contribution in [0.1, 0.15) is 13.8 Å². The van der Waals surface area contributed by atoms with E-state index in [1.807, 2.05) is 0 Å². The Morgan fingerprint density at radius 1 is 1.67 bits per heavy atom. The molecule has 0 fully saturated rings. The van der Waals surface area contributed by atoms with Gasteiger partial charge in [0.2, 0.25) is 0 Å². The number of hydrogen-bond acceptors (Lipinski definition) is 4. The Hall–Kier alpha value is -0.470. The third-order valence-corrected chi connectivity index (χ3v) is 1.31. The summed E-state index contributed by atoms with van der Waals surface area (Å²) < 4.78 is 18.9. The van der Waals surface area contributed by atoms with Gasteiger partial charge in [0.15, 0.2) is 0 Å². The van der Waals surface area contributed by atoms with Crippen molar-refractivity contribution in [3.8, 4) is 0 Å². The normalized spacial score (nSPS) is 10.7. The summed E-state index contributed by atoms with van der Waals surface area (Å²) in [5, 5.41) is 0. The zero-order valence-corrected chi connectivity index (χ0v) is 6.18. The van der Waals surface area contributed by atoms with Gasteiger partial charge in [0.05, 0.1) is 0 Å². The SMILES string of the molecule is CCO[P+](=O)OC(C)=O. The van der Waals surface area contributed by atoms with Gasteiger partial charge >= 0.3 is 14.2 Å². The van der Waals surface area contributed by atoms with Gasteiger partial charge in [-0.15, -0.1) is 4.52 Å². The Kier molecular flexibility index (Phi) is 4.18. The van der Waals surface area contributed by atoms with Crippen LogP contribution in [0.2, 0.25) is 0 Å². The molecule has 0 aliphatic heterocycles. The zero-order valence-electron chi connectivity index (χ0n) is 5.29. The van der Waals surface area contributed by atoms with Crippen molar-refractivity contribution in [1.29, 1.82) is 0 Å². The van der Waals surface area contributed by atoms with Crippen molar-refractivity contribution in [2.24, 2.45) is 0 Å². The van der Waals surface area contributed by atoms with Gasteiger partial charge in [-0.25, -0.2) is 4.79 Å². The highest BCUT2D eigenvalue weighted by Gasteiger charge is 2.21. The highest BCUT2D eigenvalue weighted by Crippen LogP contribution is 2.22. The topological polar surface area (TPSA) is 52.6 Å². The second-order valence-electron chi connectivity index (χ2n) is 1.22. The lowest BCUT2D eigenvalue weighted by molar-refractivity contribution is -0.132. The Bertz CT molecular complexity index is 122. The largest absolute Gasteiger partial charge is 0.753 e. The first-order chi connectivity index (χ1) is 4.16. The second kappa shape index (κ2) is 4.41. The lowest BCUT2D eigenvalue weighted by Gasteiger charge is -1.79. The molecular formula is C4H8O4P+. The van der Waals surface area contributed by atoms with Gasteiger partial charge in [-0.05, 0) is 6.92 Å². The van der Waals surface area contributed by atoms with Crippen molar-refractivity contribution >= 4 is 14.2 Å². The molecule has 4 nitrogen and oxygen atoms in total. The second-order valence-corrected chi connectivity index (χ2v) is 2.11. The third-order valence-electron chi connectivity index (χ3n) is 0.438. The third kappa shape index (κ3) is 5.40. The maximum Gasteiger partial charge on any atom is 0.753 e. The van der Waals surface area contributed by atoms with Crippen LogP contribution in [0.5, 0.6) is 0 Å². The predicted molar refractivity (Wildman–Crippen MR) is 31.0 cm³/mol. The molecule has 0 rings (SSSR count). The molecule has 5 heteroatoms. The van der Waals surface area contributed by atoms with Gasteiger partial charge in [0.1, 0.15) is 6.61 Å². The summed E-state index contributed by atoms with van der Waals surface area (Å²) in [7, 11) is -2.22. The molecule has 1 atom stereocenters. The van der Waals surface area contributed by atoms with E-state index in [-0.39, 0.29) is 6.61 Å². The molecule has 0 N–H and O–H groups in total. The molecule has 0 spiro atoms. The fraction of sp³-hybridized carbons (Fsp3) is 0.750. The van der Waals surface area contributed by atoms with Gasteiger partial charge < -0.3 is 0 Å². The van der Waals surface area contributed by atoms with Crippen molar-refractivity contribution in [1.82, 2.24) is 0 Å². The summed E-state index contributed by atoms with van der Waals surface area (Å²) >= 11 is 0. The van der Waals surface area contributed by atoms with Gasteiger partial charge in [0, 0.05) is 11.5 Å². The van der Waals surface area contributed by atoms with E-state index in [4.69, 9.17) is 0 Å². The molecule has 0 radical (unpaired) electrons. The van der Waals surface area contributed by atoms with Crippen LogP contribution in [-0.4, -0.2) is 12.6 Å². The maximum absolute atomic E-state index is 10.3. The molecule has 0 heterocycles. The van der Waals surface area contributed by atoms with E-state index >= 15 is 0 Å². The van der Waals surface area contributed by atoms with Crippen LogP contribution in [0.4, 0.5) is 0 Å². The van der Waals surface area contributed by atoms with Crippen molar-refractivity contribution in [3.05, 3.63) is 0 Å². The van der Waals surface area contributed by atoms with Gasteiger partial charge in [0.25, 0.3) is 0 Å². The summed E-state index contributed by atoms with van der Waals surface area (Å²) in [6.45, 7) is 3.12. The summed E-state index contributed by atoms with van der Waals surface area (Å²) in [5.41, 5.74) is 0. The van der Waals surface area contributed by atoms with Crippen LogP contribution in [-0.2, 0) is 18.4 Å². The average molecular weight is 151 g/mol. The van der Waals surface area contributed by atoms with E-state index in [1.165, 1.54) is 6.92 Å². The van der Waals surface area contributed by atoms with Crippen LogP contribution in [0, 0.1) is 0 Å². The van der Waals surface area contributed by atoms with E-state index < -0.39 is 14.2 Å². The van der Waals surface area contributed by atoms with E-state index in [0.29, 0.717) is 0 Å². The predicted octanol–water partition coefficient (Wildman–Crippen LogP) is 1.24. The van der Waals surface area contributed by atoms with Gasteiger partial charge in [-0.1, -0.05) is 0 Å². The quantitative estimate of drug-likeness (QED) is 0.569. The van der Waals surface area contributed by atoms with E-state index in [2.05, 4.69) is 9.05 Å². The average Bonchev–Trinajstić information content (AvgIpc) is 1.63. The standard InChI is InChI=1S/C4H8O4P/c1-3-7-9(6)8-4(2)5/h3H2,1-2H3/q+1. The summed E-state index contributed by atoms with van der Waals surface area (Å²) in [6, 6.07) is 0. The monoisotopic (exact) mass is 151 g/mol. The molecule has 9 heavy (non-hydrogen) atoms. The highest BCUT2D eigenvalue weighted by atomic mass is 31.1. The minimum absolute atomic E-state index is 0.280. The van der Waals surface area contributed by atoms with Crippen LogP contribution < -0.4 is 0 Å². The molecule has 52 valence electrons. The van der Waals surface area contributed by atoms with Gasteiger partial charge in [-0.2, -0.15) is 4.52 Å². The fourth-order valence-corrected chi connectivity index (χ4v) is 0.710.